The summed E-state index contributed by atoms with van der Waals surface area (Å²) < 4.78 is 6.60. The van der Waals surface area contributed by atoms with Crippen LogP contribution in [0.2, 0.25) is 0 Å². The predicted octanol–water partition coefficient (Wildman–Crippen LogP) is 1.34. The van der Waals surface area contributed by atoms with E-state index in [1.807, 2.05) is 6.07 Å². The minimum absolute atomic E-state index is 0.0303. The highest BCUT2D eigenvalue weighted by Crippen LogP contribution is 2.17. The number of rotatable bonds is 6. The first-order valence-corrected chi connectivity index (χ1v) is 8.99. The molecule has 0 unspecified atom stereocenters. The van der Waals surface area contributed by atoms with Crippen molar-refractivity contribution in [2.24, 2.45) is 0 Å². The van der Waals surface area contributed by atoms with E-state index in [1.165, 1.54) is 0 Å². The van der Waals surface area contributed by atoms with Crippen LogP contribution in [-0.4, -0.2) is 63.1 Å². The summed E-state index contributed by atoms with van der Waals surface area (Å²) in [6, 6.07) is 4.44. The number of ether oxygens (including phenoxy) is 1. The number of nitrogens with zero attached hydrogens (tertiary/aromatic N) is 5. The van der Waals surface area contributed by atoms with Gasteiger partial charge in [-0.25, -0.2) is 9.67 Å². The van der Waals surface area contributed by atoms with E-state index in [0.717, 1.165) is 31.5 Å². The standard InChI is InChI=1S/C18H26N6O2/c1-13(2)23-8-6-15(7-9-23)20-17(25)12-24-11-16(21-22-24)14-4-5-18(26-3)19-10-14/h4-5,10-11,13,15H,6-9,12H2,1-3H3,(H,20,25). The molecule has 2 aromatic heterocycles. The molecule has 1 fully saturated rings. The Morgan fingerprint density at radius 3 is 2.73 bits per heavy atom. The summed E-state index contributed by atoms with van der Waals surface area (Å²) in [6.45, 7) is 6.64. The Morgan fingerprint density at radius 1 is 1.35 bits per heavy atom. The van der Waals surface area contributed by atoms with Crippen LogP contribution in [0.5, 0.6) is 5.88 Å². The van der Waals surface area contributed by atoms with Crippen LogP contribution in [0.4, 0.5) is 0 Å². The Labute approximate surface area is 153 Å². The van der Waals surface area contributed by atoms with E-state index in [1.54, 1.807) is 30.3 Å². The summed E-state index contributed by atoms with van der Waals surface area (Å²) in [7, 11) is 1.57. The molecule has 1 aliphatic rings. The number of carbonyl (C=O) groups is 1. The van der Waals surface area contributed by atoms with Crippen molar-refractivity contribution in [2.45, 2.75) is 45.3 Å². The van der Waals surface area contributed by atoms with Crippen LogP contribution < -0.4 is 10.1 Å². The number of aromatic nitrogens is 4. The highest BCUT2D eigenvalue weighted by Gasteiger charge is 2.22. The maximum atomic E-state index is 12.3. The zero-order valence-corrected chi connectivity index (χ0v) is 15.6. The van der Waals surface area contributed by atoms with Crippen LogP contribution in [0.1, 0.15) is 26.7 Å². The zero-order chi connectivity index (χ0) is 18.5. The van der Waals surface area contributed by atoms with Crippen molar-refractivity contribution < 1.29 is 9.53 Å². The predicted molar refractivity (Wildman–Crippen MR) is 97.7 cm³/mol. The number of likely N-dealkylation sites (tertiary alicyclic amines) is 1. The lowest BCUT2D eigenvalue weighted by atomic mass is 10.0. The summed E-state index contributed by atoms with van der Waals surface area (Å²) >= 11 is 0. The molecule has 1 amide bonds. The number of piperidine rings is 1. The SMILES string of the molecule is COc1ccc(-c2cn(CC(=O)NC3CCN(C(C)C)CC3)nn2)cn1. The van der Waals surface area contributed by atoms with Gasteiger partial charge in [-0.05, 0) is 32.8 Å². The summed E-state index contributed by atoms with van der Waals surface area (Å²) in [5.74, 6) is 0.515. The molecule has 0 saturated carbocycles. The number of carbonyl (C=O) groups excluding carboxylic acids is 1. The lowest BCUT2D eigenvalue weighted by molar-refractivity contribution is -0.122. The molecule has 0 spiro atoms. The Morgan fingerprint density at radius 2 is 2.12 bits per heavy atom. The normalized spacial score (nSPS) is 16.0. The Bertz CT molecular complexity index is 720. The van der Waals surface area contributed by atoms with Crippen molar-refractivity contribution in [1.29, 1.82) is 0 Å². The van der Waals surface area contributed by atoms with Crippen molar-refractivity contribution in [3.05, 3.63) is 24.5 Å². The van der Waals surface area contributed by atoms with Gasteiger partial charge in [-0.3, -0.25) is 4.79 Å². The van der Waals surface area contributed by atoms with Gasteiger partial charge in [0.2, 0.25) is 11.8 Å². The summed E-state index contributed by atoms with van der Waals surface area (Å²) in [6.07, 6.45) is 5.41. The van der Waals surface area contributed by atoms with Gasteiger partial charge in [0.15, 0.2) is 0 Å². The molecule has 26 heavy (non-hydrogen) atoms. The highest BCUT2D eigenvalue weighted by molar-refractivity contribution is 5.76. The van der Waals surface area contributed by atoms with E-state index >= 15 is 0 Å². The molecule has 3 heterocycles. The fourth-order valence-electron chi connectivity index (χ4n) is 3.14. The van der Waals surface area contributed by atoms with E-state index in [-0.39, 0.29) is 18.5 Å². The number of hydrogen-bond acceptors (Lipinski definition) is 6. The van der Waals surface area contributed by atoms with Crippen LogP contribution >= 0.6 is 0 Å². The number of nitrogens with one attached hydrogen (secondary N) is 1. The van der Waals surface area contributed by atoms with Crippen molar-refractivity contribution in [3.63, 3.8) is 0 Å². The van der Waals surface area contributed by atoms with Gasteiger partial charge in [-0.2, -0.15) is 0 Å². The fourth-order valence-corrected chi connectivity index (χ4v) is 3.14. The number of amides is 1. The lowest BCUT2D eigenvalue weighted by Gasteiger charge is -2.34. The van der Waals surface area contributed by atoms with E-state index in [9.17, 15) is 4.79 Å². The molecule has 0 radical (unpaired) electrons. The molecule has 1 N–H and O–H groups in total. The topological polar surface area (TPSA) is 85.2 Å². The number of hydrogen-bond donors (Lipinski definition) is 1. The van der Waals surface area contributed by atoms with Gasteiger partial charge in [0.05, 0.1) is 13.3 Å². The fraction of sp³-hybridized carbons (Fsp3) is 0.556. The van der Waals surface area contributed by atoms with E-state index in [0.29, 0.717) is 17.6 Å². The van der Waals surface area contributed by atoms with Gasteiger partial charge in [0, 0.05) is 43.0 Å². The number of pyridine rings is 1. The highest BCUT2D eigenvalue weighted by atomic mass is 16.5. The third-order valence-electron chi connectivity index (χ3n) is 4.71. The third kappa shape index (κ3) is 4.57. The molecular weight excluding hydrogens is 332 g/mol. The largest absolute Gasteiger partial charge is 0.481 e. The van der Waals surface area contributed by atoms with E-state index < -0.39 is 0 Å². The average molecular weight is 358 g/mol. The van der Waals surface area contributed by atoms with E-state index in [2.05, 4.69) is 39.4 Å². The van der Waals surface area contributed by atoms with Crippen molar-refractivity contribution in [3.8, 4) is 17.1 Å². The minimum Gasteiger partial charge on any atom is -0.481 e. The molecule has 0 aromatic carbocycles. The Kier molecular flexibility index (Phi) is 5.82. The quantitative estimate of drug-likeness (QED) is 0.839. The van der Waals surface area contributed by atoms with Gasteiger partial charge in [0.25, 0.3) is 0 Å². The van der Waals surface area contributed by atoms with Crippen LogP contribution in [0.3, 0.4) is 0 Å². The van der Waals surface area contributed by atoms with E-state index in [4.69, 9.17) is 4.74 Å². The zero-order valence-electron chi connectivity index (χ0n) is 15.6. The van der Waals surface area contributed by atoms with Gasteiger partial charge < -0.3 is 15.0 Å². The molecule has 8 heteroatoms. The Balaban J connectivity index is 1.51. The first-order chi connectivity index (χ1) is 12.5. The summed E-state index contributed by atoms with van der Waals surface area (Å²) in [5, 5.41) is 11.3. The van der Waals surface area contributed by atoms with Gasteiger partial charge >= 0.3 is 0 Å². The summed E-state index contributed by atoms with van der Waals surface area (Å²) in [5.41, 5.74) is 1.51. The van der Waals surface area contributed by atoms with Gasteiger partial charge in [-0.15, -0.1) is 5.10 Å². The minimum atomic E-state index is -0.0303. The van der Waals surface area contributed by atoms with Crippen LogP contribution in [0, 0.1) is 0 Å². The van der Waals surface area contributed by atoms with Crippen LogP contribution in [0.25, 0.3) is 11.3 Å². The molecule has 3 rings (SSSR count). The second-order valence-electron chi connectivity index (χ2n) is 6.86. The second-order valence-corrected chi connectivity index (χ2v) is 6.86. The van der Waals surface area contributed by atoms with Crippen LogP contribution in [-0.2, 0) is 11.3 Å². The van der Waals surface area contributed by atoms with Crippen LogP contribution in [0.15, 0.2) is 24.5 Å². The monoisotopic (exact) mass is 358 g/mol. The van der Waals surface area contributed by atoms with Gasteiger partial charge in [-0.1, -0.05) is 5.21 Å². The van der Waals surface area contributed by atoms with Crippen molar-refractivity contribution in [1.82, 2.24) is 30.2 Å². The molecule has 1 aliphatic heterocycles. The molecule has 140 valence electrons. The smallest absolute Gasteiger partial charge is 0.242 e. The molecule has 1 saturated heterocycles. The molecule has 0 aliphatic carbocycles. The summed E-state index contributed by atoms with van der Waals surface area (Å²) in [4.78, 5) is 18.9. The van der Waals surface area contributed by atoms with Crippen molar-refractivity contribution in [2.75, 3.05) is 20.2 Å². The molecular formula is C18H26N6O2. The molecule has 2 aromatic rings. The first kappa shape index (κ1) is 18.3. The Hall–Kier alpha value is -2.48. The van der Waals surface area contributed by atoms with Crippen molar-refractivity contribution >= 4 is 5.91 Å². The maximum absolute atomic E-state index is 12.3. The third-order valence-corrected chi connectivity index (χ3v) is 4.71. The molecule has 8 nitrogen and oxygen atoms in total. The average Bonchev–Trinajstić information content (AvgIpc) is 3.10. The number of methoxy groups -OCH3 is 1. The maximum Gasteiger partial charge on any atom is 0.242 e. The second kappa shape index (κ2) is 8.27. The molecule has 0 atom stereocenters. The molecule has 0 bridgehead atoms. The first-order valence-electron chi connectivity index (χ1n) is 8.99. The van der Waals surface area contributed by atoms with Gasteiger partial charge in [0.1, 0.15) is 12.2 Å². The lowest BCUT2D eigenvalue weighted by Crippen LogP contribution is -2.47.